The number of nitrogens with zero attached hydrogens (tertiary/aromatic N) is 1. The number of benzene rings is 2. The fraction of sp³-hybridized carbons (Fsp3) is 0.300. The van der Waals surface area contributed by atoms with Crippen molar-refractivity contribution < 1.29 is 23.8 Å². The lowest BCUT2D eigenvalue weighted by atomic mass is 10.1. The molecular weight excluding hydrogens is 362 g/mol. The van der Waals surface area contributed by atoms with E-state index in [0.717, 1.165) is 5.69 Å². The number of ether oxygens (including phenoxy) is 3. The molecule has 2 amide bonds. The molecule has 2 N–H and O–H groups in total. The summed E-state index contributed by atoms with van der Waals surface area (Å²) in [7, 11) is 1.86. The van der Waals surface area contributed by atoms with Gasteiger partial charge in [0.15, 0.2) is 11.5 Å². The minimum absolute atomic E-state index is 0.0929. The number of hydrogen-bond acceptors (Lipinski definition) is 6. The van der Waals surface area contributed by atoms with E-state index in [9.17, 15) is 9.59 Å². The normalized spacial score (nSPS) is 17.0. The van der Waals surface area contributed by atoms with Gasteiger partial charge in [-0.05, 0) is 37.3 Å². The van der Waals surface area contributed by atoms with Crippen molar-refractivity contribution in [1.82, 2.24) is 5.32 Å². The highest BCUT2D eigenvalue weighted by molar-refractivity contribution is 6.05. The standard InChI is InChI=1S/C20H21N3O5/c1-12-19(24)22-15-9-13(3-5-16(15)23(12)2)20(25)21-7-8-26-14-4-6-17-18(10-14)28-11-27-17/h3-6,9-10,12H,7-8,11H2,1-2H3,(H,21,25)(H,22,24)/t12-/m0/s1. The van der Waals surface area contributed by atoms with Crippen molar-refractivity contribution in [2.45, 2.75) is 13.0 Å². The summed E-state index contributed by atoms with van der Waals surface area (Å²) in [6.07, 6.45) is 0. The Morgan fingerprint density at radius 2 is 2.07 bits per heavy atom. The Bertz CT molecular complexity index is 930. The van der Waals surface area contributed by atoms with E-state index in [2.05, 4.69) is 10.6 Å². The SMILES string of the molecule is C[C@H]1C(=O)Nc2cc(C(=O)NCCOc3ccc4c(c3)OCO4)ccc2N1C. The predicted octanol–water partition coefficient (Wildman–Crippen LogP) is 2.00. The summed E-state index contributed by atoms with van der Waals surface area (Å²) in [6, 6.07) is 10.4. The van der Waals surface area contributed by atoms with Crippen molar-refractivity contribution in [1.29, 1.82) is 0 Å². The van der Waals surface area contributed by atoms with Gasteiger partial charge in [-0.2, -0.15) is 0 Å². The van der Waals surface area contributed by atoms with Crippen LogP contribution in [-0.2, 0) is 4.79 Å². The van der Waals surface area contributed by atoms with Crippen LogP contribution in [0.4, 0.5) is 11.4 Å². The summed E-state index contributed by atoms with van der Waals surface area (Å²) >= 11 is 0. The number of nitrogens with one attached hydrogen (secondary N) is 2. The lowest BCUT2D eigenvalue weighted by Crippen LogP contribution is -2.44. The molecule has 28 heavy (non-hydrogen) atoms. The molecule has 146 valence electrons. The van der Waals surface area contributed by atoms with E-state index < -0.39 is 0 Å². The highest BCUT2D eigenvalue weighted by atomic mass is 16.7. The van der Waals surface area contributed by atoms with Crippen molar-refractivity contribution >= 4 is 23.2 Å². The van der Waals surface area contributed by atoms with Gasteiger partial charge in [-0.25, -0.2) is 0 Å². The first kappa shape index (κ1) is 18.0. The molecule has 2 aromatic carbocycles. The van der Waals surface area contributed by atoms with E-state index in [0.29, 0.717) is 41.7 Å². The molecule has 0 radical (unpaired) electrons. The van der Waals surface area contributed by atoms with Crippen molar-refractivity contribution in [3.63, 3.8) is 0 Å². The predicted molar refractivity (Wildman–Crippen MR) is 103 cm³/mol. The Kier molecular flexibility index (Phi) is 4.68. The number of carbonyl (C=O) groups is 2. The first-order valence-corrected chi connectivity index (χ1v) is 9.01. The Hall–Kier alpha value is -3.42. The zero-order valence-electron chi connectivity index (χ0n) is 15.7. The number of hydrogen-bond donors (Lipinski definition) is 2. The maximum Gasteiger partial charge on any atom is 0.251 e. The minimum Gasteiger partial charge on any atom is -0.492 e. The van der Waals surface area contributed by atoms with Crippen LogP contribution in [0.15, 0.2) is 36.4 Å². The van der Waals surface area contributed by atoms with Gasteiger partial charge in [0.25, 0.3) is 5.91 Å². The molecule has 8 heteroatoms. The van der Waals surface area contributed by atoms with Crippen LogP contribution in [0.1, 0.15) is 17.3 Å². The third-order valence-electron chi connectivity index (χ3n) is 4.86. The Labute approximate surface area is 162 Å². The number of carbonyl (C=O) groups excluding carboxylic acids is 2. The molecule has 2 aliphatic rings. The van der Waals surface area contributed by atoms with Gasteiger partial charge in [0.1, 0.15) is 18.4 Å². The van der Waals surface area contributed by atoms with Gasteiger partial charge in [0.05, 0.1) is 17.9 Å². The summed E-state index contributed by atoms with van der Waals surface area (Å²) in [5, 5.41) is 5.65. The van der Waals surface area contributed by atoms with E-state index in [1.807, 2.05) is 24.9 Å². The molecule has 1 atom stereocenters. The highest BCUT2D eigenvalue weighted by Gasteiger charge is 2.27. The minimum atomic E-state index is -0.250. The molecule has 0 bridgehead atoms. The third-order valence-corrected chi connectivity index (χ3v) is 4.86. The van der Waals surface area contributed by atoms with Crippen molar-refractivity contribution in [2.24, 2.45) is 0 Å². The smallest absolute Gasteiger partial charge is 0.251 e. The van der Waals surface area contributed by atoms with Crippen molar-refractivity contribution in [3.8, 4) is 17.2 Å². The zero-order valence-corrected chi connectivity index (χ0v) is 15.7. The van der Waals surface area contributed by atoms with Crippen molar-refractivity contribution in [3.05, 3.63) is 42.0 Å². The van der Waals surface area contributed by atoms with Gasteiger partial charge in [0, 0.05) is 18.7 Å². The summed E-state index contributed by atoms with van der Waals surface area (Å²) in [5.41, 5.74) is 2.00. The first-order valence-electron chi connectivity index (χ1n) is 9.01. The lowest BCUT2D eigenvalue weighted by Gasteiger charge is -2.33. The molecule has 2 heterocycles. The monoisotopic (exact) mass is 383 g/mol. The lowest BCUT2D eigenvalue weighted by molar-refractivity contribution is -0.117. The van der Waals surface area contributed by atoms with E-state index in [1.165, 1.54) is 0 Å². The Balaban J connectivity index is 1.32. The molecule has 0 spiro atoms. The van der Waals surface area contributed by atoms with E-state index >= 15 is 0 Å². The molecule has 0 saturated heterocycles. The number of amides is 2. The molecule has 0 saturated carbocycles. The van der Waals surface area contributed by atoms with Gasteiger partial charge in [-0.1, -0.05) is 0 Å². The quantitative estimate of drug-likeness (QED) is 0.768. The number of anilines is 2. The number of fused-ring (bicyclic) bond motifs is 2. The highest BCUT2D eigenvalue weighted by Crippen LogP contribution is 2.35. The van der Waals surface area contributed by atoms with Crippen LogP contribution in [0.3, 0.4) is 0 Å². The third kappa shape index (κ3) is 3.40. The molecule has 0 aromatic heterocycles. The second-order valence-corrected chi connectivity index (χ2v) is 6.63. The molecule has 0 fully saturated rings. The Morgan fingerprint density at radius 1 is 1.25 bits per heavy atom. The summed E-state index contributed by atoms with van der Waals surface area (Å²) in [5.74, 6) is 1.67. The van der Waals surface area contributed by atoms with Gasteiger partial charge in [-0.3, -0.25) is 9.59 Å². The zero-order chi connectivity index (χ0) is 19.7. The van der Waals surface area contributed by atoms with Crippen LogP contribution in [0.5, 0.6) is 17.2 Å². The topological polar surface area (TPSA) is 89.1 Å². The number of rotatable bonds is 5. The molecule has 4 rings (SSSR count). The van der Waals surface area contributed by atoms with Crippen LogP contribution >= 0.6 is 0 Å². The molecular formula is C20H21N3O5. The Morgan fingerprint density at radius 3 is 2.93 bits per heavy atom. The maximum absolute atomic E-state index is 12.4. The van der Waals surface area contributed by atoms with Gasteiger partial charge in [0.2, 0.25) is 12.7 Å². The van der Waals surface area contributed by atoms with Gasteiger partial charge in [-0.15, -0.1) is 0 Å². The van der Waals surface area contributed by atoms with Gasteiger partial charge >= 0.3 is 0 Å². The molecule has 8 nitrogen and oxygen atoms in total. The first-order chi connectivity index (χ1) is 13.5. The van der Waals surface area contributed by atoms with Crippen LogP contribution < -0.4 is 29.7 Å². The molecule has 2 aliphatic heterocycles. The summed E-state index contributed by atoms with van der Waals surface area (Å²) in [4.78, 5) is 26.3. The average Bonchev–Trinajstić information content (AvgIpc) is 3.17. The molecule has 2 aromatic rings. The molecule has 0 unspecified atom stereocenters. The number of likely N-dealkylation sites (N-methyl/N-ethyl adjacent to an activating group) is 1. The van der Waals surface area contributed by atoms with Crippen LogP contribution in [0.25, 0.3) is 0 Å². The van der Waals surface area contributed by atoms with E-state index in [1.54, 1.807) is 30.3 Å². The maximum atomic E-state index is 12.4. The second kappa shape index (κ2) is 7.30. The van der Waals surface area contributed by atoms with Gasteiger partial charge < -0.3 is 29.7 Å². The van der Waals surface area contributed by atoms with Crippen LogP contribution in [-0.4, -0.2) is 44.8 Å². The van der Waals surface area contributed by atoms with Crippen LogP contribution in [0, 0.1) is 0 Å². The fourth-order valence-corrected chi connectivity index (χ4v) is 3.11. The van der Waals surface area contributed by atoms with Crippen LogP contribution in [0.2, 0.25) is 0 Å². The van der Waals surface area contributed by atoms with Crippen molar-refractivity contribution in [2.75, 3.05) is 37.2 Å². The summed E-state index contributed by atoms with van der Waals surface area (Å²) < 4.78 is 16.2. The fourth-order valence-electron chi connectivity index (χ4n) is 3.11. The second-order valence-electron chi connectivity index (χ2n) is 6.63. The largest absolute Gasteiger partial charge is 0.492 e. The van der Waals surface area contributed by atoms with E-state index in [-0.39, 0.29) is 24.6 Å². The summed E-state index contributed by atoms with van der Waals surface area (Å²) in [6.45, 7) is 2.70. The average molecular weight is 383 g/mol. The van der Waals surface area contributed by atoms with E-state index in [4.69, 9.17) is 14.2 Å². The molecule has 0 aliphatic carbocycles.